The van der Waals surface area contributed by atoms with Crippen molar-refractivity contribution in [3.63, 3.8) is 0 Å². The van der Waals surface area contributed by atoms with E-state index in [2.05, 4.69) is 10.1 Å². The highest BCUT2D eigenvalue weighted by Crippen LogP contribution is 2.34. The van der Waals surface area contributed by atoms with Crippen LogP contribution in [0.4, 0.5) is 14.5 Å². The minimum absolute atomic E-state index is 0.0240. The van der Waals surface area contributed by atoms with Crippen LogP contribution in [0.15, 0.2) is 53.4 Å². The van der Waals surface area contributed by atoms with Gasteiger partial charge in [0.2, 0.25) is 5.91 Å². The van der Waals surface area contributed by atoms with E-state index in [1.54, 1.807) is 6.07 Å². The Bertz CT molecular complexity index is 1090. The second-order valence-electron chi connectivity index (χ2n) is 6.43. The Hall–Kier alpha value is -3.31. The number of amides is 2. The lowest BCUT2D eigenvalue weighted by molar-refractivity contribution is -0.122. The SMILES string of the molecule is O=C(CCN1C(=O)/C(=C/c2ccccc2OC(F)F)SC1=S)Nc1ccc(C(=O)O)cc1. The first-order valence-electron chi connectivity index (χ1n) is 9.17. The summed E-state index contributed by atoms with van der Waals surface area (Å²) in [5, 5.41) is 11.5. The number of ether oxygens (including phenoxy) is 1. The number of halogens is 2. The molecule has 2 aromatic carbocycles. The molecule has 1 fully saturated rings. The van der Waals surface area contributed by atoms with E-state index in [1.807, 2.05) is 0 Å². The van der Waals surface area contributed by atoms with Crippen molar-refractivity contribution >= 4 is 57.8 Å². The monoisotopic (exact) mass is 478 g/mol. The molecule has 2 amide bonds. The average molecular weight is 478 g/mol. The number of carboxylic acids is 1. The van der Waals surface area contributed by atoms with Gasteiger partial charge < -0.3 is 15.2 Å². The number of benzene rings is 2. The zero-order valence-electron chi connectivity index (χ0n) is 16.3. The average Bonchev–Trinajstić information content (AvgIpc) is 3.00. The number of thioether (sulfide) groups is 1. The lowest BCUT2D eigenvalue weighted by Gasteiger charge is -2.14. The zero-order chi connectivity index (χ0) is 23.3. The summed E-state index contributed by atoms with van der Waals surface area (Å²) < 4.78 is 29.9. The number of nitrogens with one attached hydrogen (secondary N) is 1. The summed E-state index contributed by atoms with van der Waals surface area (Å²) in [6.07, 6.45) is 1.37. The van der Waals surface area contributed by atoms with Crippen molar-refractivity contribution in [3.8, 4) is 5.75 Å². The van der Waals surface area contributed by atoms with Gasteiger partial charge in [-0.3, -0.25) is 14.5 Å². The molecule has 0 aromatic heterocycles. The highest BCUT2D eigenvalue weighted by atomic mass is 32.2. The van der Waals surface area contributed by atoms with Crippen LogP contribution >= 0.6 is 24.0 Å². The van der Waals surface area contributed by atoms with Gasteiger partial charge in [-0.2, -0.15) is 8.78 Å². The molecular weight excluding hydrogens is 462 g/mol. The smallest absolute Gasteiger partial charge is 0.387 e. The summed E-state index contributed by atoms with van der Waals surface area (Å²) in [6, 6.07) is 11.7. The molecule has 3 rings (SSSR count). The van der Waals surface area contributed by atoms with Crippen molar-refractivity contribution in [2.75, 3.05) is 11.9 Å². The topological polar surface area (TPSA) is 95.9 Å². The van der Waals surface area contributed by atoms with Gasteiger partial charge in [-0.25, -0.2) is 4.79 Å². The Morgan fingerprint density at radius 2 is 1.88 bits per heavy atom. The quantitative estimate of drug-likeness (QED) is 0.433. The number of hydrogen-bond acceptors (Lipinski definition) is 6. The van der Waals surface area contributed by atoms with Crippen molar-refractivity contribution in [3.05, 3.63) is 64.6 Å². The minimum atomic E-state index is -3.00. The molecule has 166 valence electrons. The summed E-state index contributed by atoms with van der Waals surface area (Å²) in [4.78, 5) is 37.3. The third-order valence-electron chi connectivity index (χ3n) is 4.27. The fourth-order valence-electron chi connectivity index (χ4n) is 2.77. The molecule has 0 spiro atoms. The number of anilines is 1. The van der Waals surface area contributed by atoms with E-state index < -0.39 is 18.5 Å². The lowest BCUT2D eigenvalue weighted by atomic mass is 10.2. The van der Waals surface area contributed by atoms with Gasteiger partial charge in [0.05, 0.1) is 10.5 Å². The van der Waals surface area contributed by atoms with Gasteiger partial charge >= 0.3 is 12.6 Å². The van der Waals surface area contributed by atoms with E-state index in [0.29, 0.717) is 11.3 Å². The number of thiocarbonyl (C=S) groups is 1. The maximum atomic E-state index is 12.7. The number of para-hydroxylation sites is 1. The molecule has 1 saturated heterocycles. The second kappa shape index (κ2) is 10.3. The Balaban J connectivity index is 1.62. The van der Waals surface area contributed by atoms with Gasteiger partial charge in [-0.15, -0.1) is 0 Å². The molecule has 11 heteroatoms. The Morgan fingerprint density at radius 3 is 2.53 bits per heavy atom. The normalized spacial score (nSPS) is 14.8. The van der Waals surface area contributed by atoms with Gasteiger partial charge in [-0.05, 0) is 36.4 Å². The van der Waals surface area contributed by atoms with Crippen LogP contribution in [0, 0.1) is 0 Å². The molecule has 2 aromatic rings. The largest absolute Gasteiger partial charge is 0.478 e. The van der Waals surface area contributed by atoms with E-state index in [4.69, 9.17) is 17.3 Å². The molecule has 0 unspecified atom stereocenters. The Labute approximate surface area is 191 Å². The Kier molecular flexibility index (Phi) is 7.54. The zero-order valence-corrected chi connectivity index (χ0v) is 17.9. The molecule has 0 aliphatic carbocycles. The predicted octanol–water partition coefficient (Wildman–Crippen LogP) is 4.22. The van der Waals surface area contributed by atoms with Crippen LogP contribution in [0.5, 0.6) is 5.75 Å². The highest BCUT2D eigenvalue weighted by molar-refractivity contribution is 8.26. The fraction of sp³-hybridized carbons (Fsp3) is 0.143. The van der Waals surface area contributed by atoms with Gasteiger partial charge in [0, 0.05) is 24.2 Å². The predicted molar refractivity (Wildman–Crippen MR) is 120 cm³/mol. The fourth-order valence-corrected chi connectivity index (χ4v) is 4.07. The van der Waals surface area contributed by atoms with Crippen molar-refractivity contribution in [1.29, 1.82) is 0 Å². The second-order valence-corrected chi connectivity index (χ2v) is 8.11. The minimum Gasteiger partial charge on any atom is -0.478 e. The number of hydrogen-bond donors (Lipinski definition) is 2. The molecule has 1 aliphatic rings. The van der Waals surface area contributed by atoms with Crippen molar-refractivity contribution < 1.29 is 33.0 Å². The first-order valence-corrected chi connectivity index (χ1v) is 10.4. The molecule has 1 aliphatic heterocycles. The van der Waals surface area contributed by atoms with Crippen molar-refractivity contribution in [2.24, 2.45) is 0 Å². The van der Waals surface area contributed by atoms with Crippen molar-refractivity contribution in [1.82, 2.24) is 4.90 Å². The molecular formula is C21H16F2N2O5S2. The number of alkyl halides is 2. The summed E-state index contributed by atoms with van der Waals surface area (Å²) >= 11 is 6.23. The van der Waals surface area contributed by atoms with E-state index >= 15 is 0 Å². The first kappa shape index (κ1) is 23.4. The van der Waals surface area contributed by atoms with Gasteiger partial charge in [0.1, 0.15) is 10.1 Å². The van der Waals surface area contributed by atoms with E-state index in [9.17, 15) is 23.2 Å². The lowest BCUT2D eigenvalue weighted by Crippen LogP contribution is -2.31. The molecule has 0 atom stereocenters. The molecule has 7 nitrogen and oxygen atoms in total. The van der Waals surface area contributed by atoms with Crippen LogP contribution in [-0.4, -0.2) is 45.3 Å². The van der Waals surface area contributed by atoms with E-state index in [0.717, 1.165) is 11.8 Å². The standard InChI is InChI=1S/C21H16F2N2O5S2/c22-20(23)30-15-4-2-1-3-13(15)11-16-18(27)25(21(31)32-16)10-9-17(26)24-14-7-5-12(6-8-14)19(28)29/h1-8,11,20H,9-10H2,(H,24,26)(H,28,29)/b16-11-. The van der Waals surface area contributed by atoms with Gasteiger partial charge in [-0.1, -0.05) is 42.2 Å². The summed E-state index contributed by atoms with van der Waals surface area (Å²) in [7, 11) is 0. The molecule has 2 N–H and O–H groups in total. The third kappa shape index (κ3) is 5.89. The van der Waals surface area contributed by atoms with Crippen LogP contribution < -0.4 is 10.1 Å². The van der Waals surface area contributed by atoms with Gasteiger partial charge in [0.25, 0.3) is 5.91 Å². The molecule has 0 bridgehead atoms. The third-order valence-corrected chi connectivity index (χ3v) is 5.65. The van der Waals surface area contributed by atoms with Crippen LogP contribution in [0.25, 0.3) is 6.08 Å². The summed E-state index contributed by atoms with van der Waals surface area (Å²) in [5.41, 5.74) is 0.810. The van der Waals surface area contributed by atoms with Crippen LogP contribution in [0.2, 0.25) is 0 Å². The number of carbonyl (C=O) groups excluding carboxylic acids is 2. The summed E-state index contributed by atoms with van der Waals surface area (Å²) in [5.74, 6) is -1.97. The highest BCUT2D eigenvalue weighted by Gasteiger charge is 2.32. The number of carboxylic acid groups (broad SMARTS) is 1. The number of aromatic carboxylic acids is 1. The van der Waals surface area contributed by atoms with Crippen LogP contribution in [0.1, 0.15) is 22.3 Å². The maximum Gasteiger partial charge on any atom is 0.387 e. The van der Waals surface area contributed by atoms with Gasteiger partial charge in [0.15, 0.2) is 0 Å². The maximum absolute atomic E-state index is 12.7. The number of carbonyl (C=O) groups is 3. The van der Waals surface area contributed by atoms with Crippen molar-refractivity contribution in [2.45, 2.75) is 13.0 Å². The number of rotatable bonds is 8. The first-order chi connectivity index (χ1) is 15.2. The van der Waals surface area contributed by atoms with Crippen LogP contribution in [0.3, 0.4) is 0 Å². The molecule has 1 heterocycles. The molecule has 0 radical (unpaired) electrons. The van der Waals surface area contributed by atoms with E-state index in [1.165, 1.54) is 53.4 Å². The molecule has 0 saturated carbocycles. The number of nitrogens with zero attached hydrogens (tertiary/aromatic N) is 1. The van der Waals surface area contributed by atoms with Crippen LogP contribution in [-0.2, 0) is 9.59 Å². The van der Waals surface area contributed by atoms with E-state index in [-0.39, 0.29) is 39.4 Å². The summed E-state index contributed by atoms with van der Waals surface area (Å²) in [6.45, 7) is -2.98. The molecule has 32 heavy (non-hydrogen) atoms. The Morgan fingerprint density at radius 1 is 1.19 bits per heavy atom.